The predicted octanol–water partition coefficient (Wildman–Crippen LogP) is 2.35. The standard InChI is InChI=1S/C13H28N2/c1-5-13(6-2)15-9-11(3)7-14-8-12(4)10-15/h11-14H,5-10H2,1-4H3. The third-order valence-corrected chi connectivity index (χ3v) is 3.54. The zero-order valence-corrected chi connectivity index (χ0v) is 10.9. The van der Waals surface area contributed by atoms with Crippen LogP contribution in [0.5, 0.6) is 0 Å². The molecule has 90 valence electrons. The SMILES string of the molecule is CCC(CC)N1CC(C)CNCC(C)C1. The molecule has 0 aromatic rings. The quantitative estimate of drug-likeness (QED) is 0.772. The van der Waals surface area contributed by atoms with Gasteiger partial charge < -0.3 is 5.32 Å². The Kier molecular flexibility index (Phi) is 5.62. The topological polar surface area (TPSA) is 15.3 Å². The number of nitrogens with one attached hydrogen (secondary N) is 1. The van der Waals surface area contributed by atoms with Crippen LogP contribution < -0.4 is 5.32 Å². The molecule has 0 aromatic heterocycles. The highest BCUT2D eigenvalue weighted by Crippen LogP contribution is 2.15. The van der Waals surface area contributed by atoms with Crippen LogP contribution >= 0.6 is 0 Å². The van der Waals surface area contributed by atoms with Crippen molar-refractivity contribution in [3.8, 4) is 0 Å². The van der Waals surface area contributed by atoms with Gasteiger partial charge in [-0.1, -0.05) is 27.7 Å². The zero-order valence-electron chi connectivity index (χ0n) is 10.9. The van der Waals surface area contributed by atoms with Crippen LogP contribution in [0.3, 0.4) is 0 Å². The van der Waals surface area contributed by atoms with Crippen molar-refractivity contribution in [2.75, 3.05) is 26.2 Å². The van der Waals surface area contributed by atoms with Gasteiger partial charge in [-0.25, -0.2) is 0 Å². The van der Waals surface area contributed by atoms with Gasteiger partial charge in [0.1, 0.15) is 0 Å². The third-order valence-electron chi connectivity index (χ3n) is 3.54. The molecular weight excluding hydrogens is 184 g/mol. The number of hydrogen-bond acceptors (Lipinski definition) is 2. The van der Waals surface area contributed by atoms with Crippen LogP contribution in [0, 0.1) is 11.8 Å². The number of hydrogen-bond donors (Lipinski definition) is 1. The molecule has 1 N–H and O–H groups in total. The summed E-state index contributed by atoms with van der Waals surface area (Å²) < 4.78 is 0. The lowest BCUT2D eigenvalue weighted by Crippen LogP contribution is -2.46. The fourth-order valence-electron chi connectivity index (χ4n) is 2.68. The fourth-order valence-corrected chi connectivity index (χ4v) is 2.68. The summed E-state index contributed by atoms with van der Waals surface area (Å²) in [6.07, 6.45) is 2.59. The van der Waals surface area contributed by atoms with Crippen LogP contribution in [0.2, 0.25) is 0 Å². The first kappa shape index (κ1) is 13.0. The normalized spacial score (nSPS) is 30.2. The summed E-state index contributed by atoms with van der Waals surface area (Å²) in [6, 6.07) is 0.799. The van der Waals surface area contributed by atoms with Crippen molar-refractivity contribution >= 4 is 0 Å². The molecule has 0 amide bonds. The van der Waals surface area contributed by atoms with Gasteiger partial charge in [0.15, 0.2) is 0 Å². The van der Waals surface area contributed by atoms with Crippen molar-refractivity contribution in [2.45, 2.75) is 46.6 Å². The molecule has 1 aliphatic heterocycles. The minimum absolute atomic E-state index is 0.790. The maximum atomic E-state index is 3.56. The van der Waals surface area contributed by atoms with E-state index in [1.807, 2.05) is 0 Å². The smallest absolute Gasteiger partial charge is 0.00902 e. The molecule has 0 aromatic carbocycles. The van der Waals surface area contributed by atoms with Crippen LogP contribution in [0.1, 0.15) is 40.5 Å². The molecule has 0 radical (unpaired) electrons. The van der Waals surface area contributed by atoms with E-state index in [9.17, 15) is 0 Å². The molecule has 0 aliphatic carbocycles. The Morgan fingerprint density at radius 1 is 1.07 bits per heavy atom. The Morgan fingerprint density at radius 3 is 1.93 bits per heavy atom. The third kappa shape index (κ3) is 4.12. The summed E-state index contributed by atoms with van der Waals surface area (Å²) >= 11 is 0. The molecule has 2 atom stereocenters. The van der Waals surface area contributed by atoms with Crippen LogP contribution in [0.4, 0.5) is 0 Å². The van der Waals surface area contributed by atoms with Crippen LogP contribution in [0.15, 0.2) is 0 Å². The van der Waals surface area contributed by atoms with E-state index >= 15 is 0 Å². The molecule has 15 heavy (non-hydrogen) atoms. The van der Waals surface area contributed by atoms with Crippen molar-refractivity contribution < 1.29 is 0 Å². The van der Waals surface area contributed by atoms with Crippen LogP contribution in [0.25, 0.3) is 0 Å². The molecule has 2 nitrogen and oxygen atoms in total. The lowest BCUT2D eigenvalue weighted by molar-refractivity contribution is 0.126. The van der Waals surface area contributed by atoms with E-state index in [1.165, 1.54) is 39.0 Å². The van der Waals surface area contributed by atoms with Gasteiger partial charge >= 0.3 is 0 Å². The largest absolute Gasteiger partial charge is 0.316 e. The van der Waals surface area contributed by atoms with Crippen LogP contribution in [-0.4, -0.2) is 37.1 Å². The Hall–Kier alpha value is -0.0800. The van der Waals surface area contributed by atoms with E-state index in [2.05, 4.69) is 37.9 Å². The molecule has 1 fully saturated rings. The molecule has 0 spiro atoms. The van der Waals surface area contributed by atoms with Gasteiger partial charge in [0, 0.05) is 19.1 Å². The summed E-state index contributed by atoms with van der Waals surface area (Å²) in [5, 5.41) is 3.56. The highest BCUT2D eigenvalue weighted by atomic mass is 15.2. The Bertz CT molecular complexity index is 154. The molecule has 2 heteroatoms. The maximum absolute atomic E-state index is 3.56. The van der Waals surface area contributed by atoms with E-state index < -0.39 is 0 Å². The fraction of sp³-hybridized carbons (Fsp3) is 1.00. The number of nitrogens with zero attached hydrogens (tertiary/aromatic N) is 1. The Morgan fingerprint density at radius 2 is 1.53 bits per heavy atom. The van der Waals surface area contributed by atoms with Gasteiger partial charge in [-0.05, 0) is 37.8 Å². The van der Waals surface area contributed by atoms with Crippen molar-refractivity contribution in [3.05, 3.63) is 0 Å². The monoisotopic (exact) mass is 212 g/mol. The average Bonchev–Trinajstić information content (AvgIpc) is 2.17. The molecule has 1 rings (SSSR count). The second-order valence-corrected chi connectivity index (χ2v) is 5.29. The molecule has 1 aliphatic rings. The van der Waals surface area contributed by atoms with Gasteiger partial charge in [-0.2, -0.15) is 0 Å². The van der Waals surface area contributed by atoms with Gasteiger partial charge in [0.25, 0.3) is 0 Å². The van der Waals surface area contributed by atoms with Crippen molar-refractivity contribution in [1.29, 1.82) is 0 Å². The highest BCUT2D eigenvalue weighted by Gasteiger charge is 2.21. The van der Waals surface area contributed by atoms with E-state index in [0.717, 1.165) is 17.9 Å². The molecule has 1 heterocycles. The minimum atomic E-state index is 0.790. The van der Waals surface area contributed by atoms with Gasteiger partial charge in [0.2, 0.25) is 0 Å². The van der Waals surface area contributed by atoms with Crippen molar-refractivity contribution in [3.63, 3.8) is 0 Å². The lowest BCUT2D eigenvalue weighted by atomic mass is 10.0. The van der Waals surface area contributed by atoms with E-state index in [4.69, 9.17) is 0 Å². The van der Waals surface area contributed by atoms with Crippen LogP contribution in [-0.2, 0) is 0 Å². The molecule has 2 unspecified atom stereocenters. The second kappa shape index (κ2) is 6.49. The molecule has 0 bridgehead atoms. The summed E-state index contributed by atoms with van der Waals surface area (Å²) in [5.41, 5.74) is 0. The maximum Gasteiger partial charge on any atom is 0.00902 e. The van der Waals surface area contributed by atoms with E-state index in [1.54, 1.807) is 0 Å². The van der Waals surface area contributed by atoms with Gasteiger partial charge in [-0.15, -0.1) is 0 Å². The Balaban J connectivity index is 2.56. The summed E-state index contributed by atoms with van der Waals surface area (Å²) in [6.45, 7) is 14.3. The first-order chi connectivity index (χ1) is 7.17. The molecule has 1 saturated heterocycles. The first-order valence-electron chi connectivity index (χ1n) is 6.62. The minimum Gasteiger partial charge on any atom is -0.316 e. The molecule has 0 saturated carbocycles. The summed E-state index contributed by atoms with van der Waals surface area (Å²) in [7, 11) is 0. The Labute approximate surface area is 95.4 Å². The van der Waals surface area contributed by atoms with Gasteiger partial charge in [0.05, 0.1) is 0 Å². The number of rotatable bonds is 3. The van der Waals surface area contributed by atoms with Gasteiger partial charge in [-0.3, -0.25) is 4.90 Å². The second-order valence-electron chi connectivity index (χ2n) is 5.29. The highest BCUT2D eigenvalue weighted by molar-refractivity contribution is 4.77. The van der Waals surface area contributed by atoms with E-state index in [-0.39, 0.29) is 0 Å². The summed E-state index contributed by atoms with van der Waals surface area (Å²) in [5.74, 6) is 1.58. The first-order valence-corrected chi connectivity index (χ1v) is 6.62. The van der Waals surface area contributed by atoms with E-state index in [0.29, 0.717) is 0 Å². The summed E-state index contributed by atoms with van der Waals surface area (Å²) in [4.78, 5) is 2.72. The van der Waals surface area contributed by atoms with Crippen molar-refractivity contribution in [1.82, 2.24) is 10.2 Å². The average molecular weight is 212 g/mol. The molecular formula is C13H28N2. The predicted molar refractivity (Wildman–Crippen MR) is 67.1 cm³/mol. The lowest BCUT2D eigenvalue weighted by Gasteiger charge is -2.36. The van der Waals surface area contributed by atoms with Crippen molar-refractivity contribution in [2.24, 2.45) is 11.8 Å². The zero-order chi connectivity index (χ0) is 11.3.